The van der Waals surface area contributed by atoms with Crippen LogP contribution in [0.2, 0.25) is 0 Å². The molecule has 3 aromatic carbocycles. The van der Waals surface area contributed by atoms with E-state index < -0.39 is 0 Å². The third-order valence-electron chi connectivity index (χ3n) is 5.43. The molecule has 0 atom stereocenters. The molecule has 0 spiro atoms. The summed E-state index contributed by atoms with van der Waals surface area (Å²) in [5.74, 6) is 0.959. The van der Waals surface area contributed by atoms with Crippen LogP contribution >= 0.6 is 0 Å². The Labute approximate surface area is 184 Å². The Morgan fingerprint density at radius 3 is 2.13 bits per heavy atom. The second-order valence-electron chi connectivity index (χ2n) is 7.61. The second kappa shape index (κ2) is 10.5. The van der Waals surface area contributed by atoms with E-state index in [1.54, 1.807) is 7.11 Å². The fourth-order valence-corrected chi connectivity index (χ4v) is 3.58. The van der Waals surface area contributed by atoms with Gasteiger partial charge in [0.05, 0.1) is 7.11 Å². The quantitative estimate of drug-likeness (QED) is 0.478. The van der Waals surface area contributed by atoms with Crippen LogP contribution < -0.4 is 14.8 Å². The summed E-state index contributed by atoms with van der Waals surface area (Å²) in [4.78, 5) is 12.6. The highest BCUT2D eigenvalue weighted by atomic mass is 16.5. The minimum Gasteiger partial charge on any atom is -0.493 e. The first-order valence-electron chi connectivity index (χ1n) is 10.3. The molecule has 1 amide bonds. The van der Waals surface area contributed by atoms with Gasteiger partial charge in [-0.2, -0.15) is 0 Å². The zero-order chi connectivity index (χ0) is 22.1. The zero-order valence-electron chi connectivity index (χ0n) is 18.1. The number of rotatable bonds is 10. The van der Waals surface area contributed by atoms with Crippen LogP contribution in [-0.2, 0) is 16.6 Å². The van der Waals surface area contributed by atoms with Crippen molar-refractivity contribution >= 4 is 5.91 Å². The minimum absolute atomic E-state index is 0.0865. The van der Waals surface area contributed by atoms with E-state index in [0.29, 0.717) is 18.0 Å². The highest BCUT2D eigenvalue weighted by molar-refractivity contribution is 5.77. The molecule has 0 unspecified atom stereocenters. The van der Waals surface area contributed by atoms with Crippen molar-refractivity contribution in [2.24, 2.45) is 0 Å². The maximum atomic E-state index is 12.6. The van der Waals surface area contributed by atoms with Gasteiger partial charge in [-0.15, -0.1) is 6.58 Å². The summed E-state index contributed by atoms with van der Waals surface area (Å²) in [5, 5.41) is 3.04. The van der Waals surface area contributed by atoms with Crippen LogP contribution in [-0.4, -0.2) is 26.2 Å². The lowest BCUT2D eigenvalue weighted by molar-refractivity contribution is -0.123. The van der Waals surface area contributed by atoms with Gasteiger partial charge in [0.1, 0.15) is 0 Å². The van der Waals surface area contributed by atoms with Gasteiger partial charge in [-0.25, -0.2) is 0 Å². The van der Waals surface area contributed by atoms with Crippen LogP contribution in [0.1, 0.15) is 23.6 Å². The first-order chi connectivity index (χ1) is 15.1. The van der Waals surface area contributed by atoms with Crippen LogP contribution in [0.4, 0.5) is 0 Å². The predicted molar refractivity (Wildman–Crippen MR) is 125 cm³/mol. The number of hydrogen-bond donors (Lipinski definition) is 1. The van der Waals surface area contributed by atoms with Crippen LogP contribution in [0.5, 0.6) is 11.5 Å². The van der Waals surface area contributed by atoms with E-state index >= 15 is 0 Å². The molecule has 0 aliphatic carbocycles. The fraction of sp³-hybridized carbons (Fsp3) is 0.222. The van der Waals surface area contributed by atoms with E-state index in [0.717, 1.165) is 23.1 Å². The maximum absolute atomic E-state index is 12.6. The van der Waals surface area contributed by atoms with Gasteiger partial charge in [-0.1, -0.05) is 72.8 Å². The summed E-state index contributed by atoms with van der Waals surface area (Å²) in [6.45, 7) is 6.26. The molecule has 0 bridgehead atoms. The van der Waals surface area contributed by atoms with Crippen molar-refractivity contribution in [1.29, 1.82) is 0 Å². The van der Waals surface area contributed by atoms with Gasteiger partial charge >= 0.3 is 0 Å². The molecule has 0 aromatic heterocycles. The number of carbonyl (C=O) groups excluding carboxylic acids is 1. The summed E-state index contributed by atoms with van der Waals surface area (Å²) < 4.78 is 11.1. The van der Waals surface area contributed by atoms with Crippen LogP contribution in [0, 0.1) is 0 Å². The molecule has 0 radical (unpaired) electrons. The Kier molecular flexibility index (Phi) is 7.50. The van der Waals surface area contributed by atoms with Crippen molar-refractivity contribution in [1.82, 2.24) is 5.32 Å². The second-order valence-corrected chi connectivity index (χ2v) is 7.61. The van der Waals surface area contributed by atoms with Crippen molar-refractivity contribution in [3.63, 3.8) is 0 Å². The van der Waals surface area contributed by atoms with Crippen molar-refractivity contribution < 1.29 is 14.3 Å². The van der Waals surface area contributed by atoms with Crippen molar-refractivity contribution in [3.05, 3.63) is 108 Å². The molecule has 160 valence electrons. The number of hydrogen-bond acceptors (Lipinski definition) is 3. The lowest BCUT2D eigenvalue weighted by Gasteiger charge is -2.31. The molecule has 0 heterocycles. The van der Waals surface area contributed by atoms with E-state index in [9.17, 15) is 4.79 Å². The van der Waals surface area contributed by atoms with E-state index in [1.165, 1.54) is 0 Å². The van der Waals surface area contributed by atoms with Crippen LogP contribution in [0.3, 0.4) is 0 Å². The molecular formula is C27H29NO3. The highest BCUT2D eigenvalue weighted by Gasteiger charge is 2.29. The highest BCUT2D eigenvalue weighted by Crippen LogP contribution is 2.31. The maximum Gasteiger partial charge on any atom is 0.257 e. The number of ether oxygens (including phenoxy) is 2. The monoisotopic (exact) mass is 415 g/mol. The van der Waals surface area contributed by atoms with Gasteiger partial charge in [-0.05, 0) is 42.2 Å². The summed E-state index contributed by atoms with van der Waals surface area (Å²) >= 11 is 0. The van der Waals surface area contributed by atoms with E-state index in [-0.39, 0.29) is 17.9 Å². The smallest absolute Gasteiger partial charge is 0.257 e. The number of nitrogens with one attached hydrogen (secondary N) is 1. The standard InChI is InChI=1S/C27H29NO3/c1-4-11-21-16-17-24(25(18-21)30-3)31-19-26(29)28-20-27(2,22-12-7-5-8-13-22)23-14-9-6-10-15-23/h4-10,12-18H,1,11,19-20H2,2-3H3,(H,28,29). The molecule has 4 heteroatoms. The molecule has 0 aliphatic heterocycles. The van der Waals surface area contributed by atoms with Crippen molar-refractivity contribution in [2.75, 3.05) is 20.3 Å². The normalized spacial score (nSPS) is 10.9. The molecule has 0 fully saturated rings. The molecule has 3 rings (SSSR count). The Morgan fingerprint density at radius 1 is 0.968 bits per heavy atom. The zero-order valence-corrected chi connectivity index (χ0v) is 18.1. The molecule has 31 heavy (non-hydrogen) atoms. The molecule has 1 N–H and O–H groups in total. The topological polar surface area (TPSA) is 47.6 Å². The van der Waals surface area contributed by atoms with Gasteiger partial charge in [-0.3, -0.25) is 4.79 Å². The first kappa shape index (κ1) is 22.2. The van der Waals surface area contributed by atoms with E-state index in [4.69, 9.17) is 9.47 Å². The van der Waals surface area contributed by atoms with Crippen LogP contribution in [0.25, 0.3) is 0 Å². The Balaban J connectivity index is 1.68. The third kappa shape index (κ3) is 5.54. The van der Waals surface area contributed by atoms with Crippen molar-refractivity contribution in [3.8, 4) is 11.5 Å². The molecular weight excluding hydrogens is 386 g/mol. The van der Waals surface area contributed by atoms with Gasteiger partial charge < -0.3 is 14.8 Å². The lowest BCUT2D eigenvalue weighted by Crippen LogP contribution is -2.41. The SMILES string of the molecule is C=CCc1ccc(OCC(=O)NCC(C)(c2ccccc2)c2ccccc2)c(OC)c1. The van der Waals surface area contributed by atoms with Crippen molar-refractivity contribution in [2.45, 2.75) is 18.8 Å². The molecule has 3 aromatic rings. The number of carbonyl (C=O) groups is 1. The summed E-state index contributed by atoms with van der Waals surface area (Å²) in [6, 6.07) is 26.1. The number of amides is 1. The van der Waals surface area contributed by atoms with Crippen LogP contribution in [0.15, 0.2) is 91.5 Å². The fourth-order valence-electron chi connectivity index (χ4n) is 3.58. The summed E-state index contributed by atoms with van der Waals surface area (Å²) in [5.41, 5.74) is 3.00. The average molecular weight is 416 g/mol. The third-order valence-corrected chi connectivity index (χ3v) is 5.43. The Morgan fingerprint density at radius 2 is 1.58 bits per heavy atom. The summed E-state index contributed by atoms with van der Waals surface area (Å²) in [7, 11) is 1.59. The van der Waals surface area contributed by atoms with Gasteiger partial charge in [0.2, 0.25) is 0 Å². The van der Waals surface area contributed by atoms with E-state index in [1.807, 2.05) is 60.7 Å². The molecule has 0 saturated carbocycles. The molecule has 0 aliphatic rings. The lowest BCUT2D eigenvalue weighted by atomic mass is 9.76. The van der Waals surface area contributed by atoms with Gasteiger partial charge in [0, 0.05) is 12.0 Å². The predicted octanol–water partition coefficient (Wildman–Crippen LogP) is 4.92. The number of methoxy groups -OCH3 is 1. The summed E-state index contributed by atoms with van der Waals surface area (Å²) in [6.07, 6.45) is 2.58. The molecule has 4 nitrogen and oxygen atoms in total. The number of benzene rings is 3. The van der Waals surface area contributed by atoms with E-state index in [2.05, 4.69) is 43.1 Å². The Bertz CT molecular complexity index is 960. The largest absolute Gasteiger partial charge is 0.493 e. The average Bonchev–Trinajstić information content (AvgIpc) is 2.83. The first-order valence-corrected chi connectivity index (χ1v) is 10.3. The molecule has 0 saturated heterocycles. The Hall–Kier alpha value is -3.53. The minimum atomic E-state index is -0.359. The van der Waals surface area contributed by atoms with Gasteiger partial charge in [0.25, 0.3) is 5.91 Å². The number of allylic oxidation sites excluding steroid dienone is 1. The van der Waals surface area contributed by atoms with Gasteiger partial charge in [0.15, 0.2) is 18.1 Å².